The van der Waals surface area contributed by atoms with Crippen LogP contribution in [0.3, 0.4) is 0 Å². The maximum Gasteiger partial charge on any atom is 0.407 e. The Balaban J connectivity index is 0.000000725. The summed E-state index contributed by atoms with van der Waals surface area (Å²) in [7, 11) is 0. The molecule has 10 nitrogen and oxygen atoms in total. The molecule has 0 saturated heterocycles. The second-order valence-corrected chi connectivity index (χ2v) is 21.3. The van der Waals surface area contributed by atoms with E-state index in [9.17, 15) is 19.2 Å². The van der Waals surface area contributed by atoms with Crippen LogP contribution >= 0.6 is 0 Å². The number of hydrogen-bond donors (Lipinski definition) is 2. The van der Waals surface area contributed by atoms with E-state index in [1.54, 1.807) is 6.08 Å². The minimum atomic E-state index is -0.429. The summed E-state index contributed by atoms with van der Waals surface area (Å²) in [6.07, 6.45) is 31.9. The lowest BCUT2D eigenvalue weighted by atomic mass is 9.60. The zero-order valence-corrected chi connectivity index (χ0v) is 41.8. The van der Waals surface area contributed by atoms with Crippen LogP contribution in [0.25, 0.3) is 0 Å². The maximum atomic E-state index is 12.6. The maximum absolute atomic E-state index is 12.6. The molecule has 2 saturated carbocycles. The Bertz CT molecular complexity index is 1380. The molecule has 2 N–H and O–H groups in total. The van der Waals surface area contributed by atoms with E-state index >= 15 is 0 Å². The molecule has 0 aromatic rings. The predicted molar refractivity (Wildman–Crippen MR) is 263 cm³/mol. The summed E-state index contributed by atoms with van der Waals surface area (Å²) >= 11 is 0. The molecule has 0 bridgehead atoms. The number of carbonyl (C=O) groups excluding carboxylic acids is 4. The Kier molecular flexibility index (Phi) is 30.1. The molecule has 2 fully saturated rings. The molecule has 2 amide bonds. The third-order valence-corrected chi connectivity index (χ3v) is 12.6. The zero-order chi connectivity index (χ0) is 47.7. The van der Waals surface area contributed by atoms with E-state index in [1.807, 2.05) is 12.2 Å². The van der Waals surface area contributed by atoms with E-state index in [-0.39, 0.29) is 64.7 Å². The molecule has 4 atom stereocenters. The Morgan fingerprint density at radius 2 is 0.828 bits per heavy atom. The quantitative estimate of drug-likeness (QED) is 0.0296. The van der Waals surface area contributed by atoms with Gasteiger partial charge in [0.15, 0.2) is 0 Å². The molecule has 368 valence electrons. The monoisotopic (exact) mass is 899 g/mol. The number of nitrogens with one attached hydrogen (secondary N) is 2. The van der Waals surface area contributed by atoms with Gasteiger partial charge in [0.1, 0.15) is 13.2 Å². The van der Waals surface area contributed by atoms with Crippen LogP contribution in [-0.4, -0.2) is 63.6 Å². The minimum Gasteiger partial charge on any atom is -0.466 e. The van der Waals surface area contributed by atoms with Gasteiger partial charge in [0.2, 0.25) is 0 Å². The average Bonchev–Trinajstić information content (AvgIpc) is 3.21. The molecule has 4 unspecified atom stereocenters. The largest absolute Gasteiger partial charge is 0.466 e. The number of ether oxygens (including phenoxy) is 4. The van der Waals surface area contributed by atoms with Gasteiger partial charge in [-0.05, 0) is 111 Å². The fourth-order valence-electron chi connectivity index (χ4n) is 10.7. The van der Waals surface area contributed by atoms with Crippen LogP contribution in [-0.2, 0) is 28.5 Å². The Morgan fingerprint density at radius 3 is 1.25 bits per heavy atom. The number of alkyl carbamates (subject to hydrolysis) is 2. The molecular formula is C54H94N2O8. The van der Waals surface area contributed by atoms with Crippen LogP contribution in [0.4, 0.5) is 9.59 Å². The first-order valence-corrected chi connectivity index (χ1v) is 25.0. The molecule has 0 heterocycles. The molecule has 2 aliphatic carbocycles. The Labute approximate surface area is 391 Å². The van der Waals surface area contributed by atoms with Gasteiger partial charge in [-0.1, -0.05) is 143 Å². The van der Waals surface area contributed by atoms with Crippen molar-refractivity contribution in [3.8, 4) is 0 Å². The predicted octanol–water partition coefficient (Wildman–Crippen LogP) is 13.9. The molecule has 64 heavy (non-hydrogen) atoms. The summed E-state index contributed by atoms with van der Waals surface area (Å²) in [5, 5.41) is 5.85. The van der Waals surface area contributed by atoms with Gasteiger partial charge in [-0.25, -0.2) is 9.59 Å². The van der Waals surface area contributed by atoms with Crippen molar-refractivity contribution in [2.24, 2.45) is 33.5 Å². The Morgan fingerprint density at radius 1 is 0.469 bits per heavy atom. The average molecular weight is 899 g/mol. The smallest absolute Gasteiger partial charge is 0.407 e. The molecule has 2 rings (SSSR count). The number of allylic oxidation sites excluding steroid dienone is 2. The van der Waals surface area contributed by atoms with Crippen molar-refractivity contribution in [1.29, 1.82) is 0 Å². The van der Waals surface area contributed by atoms with Crippen molar-refractivity contribution in [3.05, 3.63) is 50.6 Å². The van der Waals surface area contributed by atoms with Gasteiger partial charge in [-0.2, -0.15) is 0 Å². The topological polar surface area (TPSA) is 129 Å². The highest BCUT2D eigenvalue weighted by atomic mass is 16.6. The number of hydrogen-bond acceptors (Lipinski definition) is 8. The van der Waals surface area contributed by atoms with Crippen LogP contribution in [0.5, 0.6) is 0 Å². The first-order valence-electron chi connectivity index (χ1n) is 25.0. The summed E-state index contributed by atoms with van der Waals surface area (Å²) in [5.41, 5.74) is 0.116. The highest BCUT2D eigenvalue weighted by Crippen LogP contribution is 2.50. The molecule has 2 aliphatic rings. The number of rotatable bonds is 32. The van der Waals surface area contributed by atoms with E-state index in [2.05, 4.69) is 78.5 Å². The van der Waals surface area contributed by atoms with E-state index < -0.39 is 6.09 Å². The number of amides is 2. The van der Waals surface area contributed by atoms with E-state index in [1.165, 1.54) is 70.3 Å². The highest BCUT2D eigenvalue weighted by molar-refractivity contribution is 5.70. The van der Waals surface area contributed by atoms with Gasteiger partial charge in [0.25, 0.3) is 0 Å². The highest BCUT2D eigenvalue weighted by Gasteiger charge is 2.43. The van der Waals surface area contributed by atoms with Crippen molar-refractivity contribution in [3.63, 3.8) is 0 Å². The van der Waals surface area contributed by atoms with Crippen molar-refractivity contribution in [2.75, 3.05) is 39.5 Å². The lowest BCUT2D eigenvalue weighted by Gasteiger charge is -2.46. The van der Waals surface area contributed by atoms with Crippen LogP contribution in [0.15, 0.2) is 50.6 Å². The van der Waals surface area contributed by atoms with E-state index in [0.29, 0.717) is 39.1 Å². The standard InChI is InChI=1S/C35H63NO4.C19H31NO4/c1-6-8-10-12-14-16-18-20-22-24-39-32(37)26-31-27-34(3,4)29-35(5,28-31)30-36-33(38)40-25-23-21-19-17-15-13-11-9-7-2;1-6-8-23-16(21)10-15-11-18(3,4)13-19(5,12-15)14-20-17(22)24-9-7-2/h6-7,31H,1-2,8-30H2,3-5H3,(H,36,38);6-7,15H,1-2,8-14H2,3-5H3,(H,20,22). The first-order chi connectivity index (χ1) is 30.4. The molecule has 10 heteroatoms. The summed E-state index contributed by atoms with van der Waals surface area (Å²) in [4.78, 5) is 48.5. The molecule has 0 aromatic heterocycles. The number of carbonyl (C=O) groups is 4. The first kappa shape index (κ1) is 58.5. The SMILES string of the molecule is C=CCCCCCCCCCOC(=O)CC1CC(C)(C)CC(C)(CNC(=O)OCCCCCCCCCC=C)C1.C=CCOC(=O)CC1CC(C)(C)CC(C)(CNC(=O)OCC=C)C1. The van der Waals surface area contributed by atoms with Crippen molar-refractivity contribution < 1.29 is 38.1 Å². The second kappa shape index (κ2) is 33.0. The summed E-state index contributed by atoms with van der Waals surface area (Å²) < 4.78 is 21.1. The normalized spacial score (nSPS) is 22.0. The third-order valence-electron chi connectivity index (χ3n) is 12.6. The summed E-state index contributed by atoms with van der Waals surface area (Å²) in [6.45, 7) is 30.6. The molecule has 0 spiro atoms. The van der Waals surface area contributed by atoms with E-state index in [4.69, 9.17) is 18.9 Å². The van der Waals surface area contributed by atoms with Gasteiger partial charge in [0.05, 0.1) is 13.2 Å². The van der Waals surface area contributed by atoms with E-state index in [0.717, 1.165) is 77.0 Å². The summed E-state index contributed by atoms with van der Waals surface area (Å²) in [5.74, 6) is 0.283. The van der Waals surface area contributed by atoms with Gasteiger partial charge < -0.3 is 29.6 Å². The Hall–Kier alpha value is -3.56. The molecule has 0 radical (unpaired) electrons. The van der Waals surface area contributed by atoms with Crippen LogP contribution in [0, 0.1) is 33.5 Å². The van der Waals surface area contributed by atoms with Crippen molar-refractivity contribution in [1.82, 2.24) is 10.6 Å². The summed E-state index contributed by atoms with van der Waals surface area (Å²) in [6, 6.07) is 0. The zero-order valence-electron chi connectivity index (χ0n) is 41.8. The number of unbranched alkanes of at least 4 members (excludes halogenated alkanes) is 14. The fourth-order valence-corrected chi connectivity index (χ4v) is 10.7. The van der Waals surface area contributed by atoms with Crippen LogP contribution in [0.2, 0.25) is 0 Å². The minimum absolute atomic E-state index is 0.0526. The van der Waals surface area contributed by atoms with Gasteiger partial charge in [-0.15, -0.1) is 13.2 Å². The van der Waals surface area contributed by atoms with Gasteiger partial charge in [-0.3, -0.25) is 9.59 Å². The van der Waals surface area contributed by atoms with Crippen LogP contribution < -0.4 is 10.6 Å². The van der Waals surface area contributed by atoms with Crippen LogP contribution in [0.1, 0.15) is 196 Å². The second-order valence-electron chi connectivity index (χ2n) is 21.3. The number of esters is 2. The third kappa shape index (κ3) is 29.8. The van der Waals surface area contributed by atoms with Crippen molar-refractivity contribution >= 4 is 24.1 Å². The molecule has 0 aliphatic heterocycles. The lowest BCUT2D eigenvalue weighted by molar-refractivity contribution is -0.146. The molecule has 0 aromatic carbocycles. The van der Waals surface area contributed by atoms with Gasteiger partial charge >= 0.3 is 24.1 Å². The molecular weight excluding hydrogens is 805 g/mol. The van der Waals surface area contributed by atoms with Gasteiger partial charge in [0, 0.05) is 25.9 Å². The van der Waals surface area contributed by atoms with Crippen molar-refractivity contribution in [2.45, 2.75) is 196 Å². The lowest BCUT2D eigenvalue weighted by Crippen LogP contribution is -2.44. The fraction of sp³-hybridized carbons (Fsp3) is 0.778.